The number of hydrogen-bond donors (Lipinski definition) is 2. The molecule has 7 nitrogen and oxygen atoms in total. The molecule has 0 aliphatic carbocycles. The molecular weight excluding hydrogens is 390 g/mol. The largest absolute Gasteiger partial charge is 0.362 e. The number of anilines is 2. The molecule has 0 radical (unpaired) electrons. The van der Waals surface area contributed by atoms with Crippen LogP contribution in [0.4, 0.5) is 11.8 Å². The number of aromatic nitrogens is 4. The molecule has 0 bridgehead atoms. The molecule has 1 aliphatic rings. The van der Waals surface area contributed by atoms with Crippen LogP contribution in [0.25, 0.3) is 0 Å². The molecule has 1 aliphatic heterocycles. The van der Waals surface area contributed by atoms with E-state index in [0.29, 0.717) is 28.2 Å². The van der Waals surface area contributed by atoms with Crippen LogP contribution in [0.15, 0.2) is 34.7 Å². The van der Waals surface area contributed by atoms with Crippen molar-refractivity contribution in [3.63, 3.8) is 0 Å². The maximum atomic E-state index is 5.40. The predicted octanol–water partition coefficient (Wildman–Crippen LogP) is 3.74. The van der Waals surface area contributed by atoms with Crippen molar-refractivity contribution in [3.05, 3.63) is 24.5 Å². The minimum absolute atomic E-state index is 0.452. The fourth-order valence-electron chi connectivity index (χ4n) is 2.98. The van der Waals surface area contributed by atoms with Crippen molar-refractivity contribution in [1.29, 1.82) is 0 Å². The summed E-state index contributed by atoms with van der Waals surface area (Å²) >= 11 is 6.83. The van der Waals surface area contributed by atoms with Crippen LogP contribution < -0.4 is 15.5 Å². The highest BCUT2D eigenvalue weighted by atomic mass is 32.2. The maximum absolute atomic E-state index is 5.40. The van der Waals surface area contributed by atoms with E-state index in [1.807, 2.05) is 6.07 Å². The first-order valence-electron chi connectivity index (χ1n) is 9.66. The molecule has 1 unspecified atom stereocenters. The first-order valence-corrected chi connectivity index (χ1v) is 10.9. The third-order valence-electron chi connectivity index (χ3n) is 4.42. The Morgan fingerprint density at radius 2 is 2.07 bits per heavy atom. The number of nitrogens with zero attached hydrogens (tertiary/aromatic N) is 5. The van der Waals surface area contributed by atoms with E-state index in [4.69, 9.17) is 17.2 Å². The standard InChI is InChI=1S/C19H27N7S2/c1-13(2)12-22-18(27)25-17-23-15(26-10-5-4-7-14(26)3)11-16(24-17)28-19-20-8-6-9-21-19/h6,8-9,11,13-14H,4-5,7,10,12H2,1-3H3,(H2,22,23,24,25,27). The van der Waals surface area contributed by atoms with Gasteiger partial charge in [-0.25, -0.2) is 15.0 Å². The van der Waals surface area contributed by atoms with Gasteiger partial charge in [0, 0.05) is 37.6 Å². The Balaban J connectivity index is 1.83. The first-order chi connectivity index (χ1) is 13.5. The fourth-order valence-corrected chi connectivity index (χ4v) is 3.87. The van der Waals surface area contributed by atoms with Gasteiger partial charge in [-0.1, -0.05) is 13.8 Å². The zero-order chi connectivity index (χ0) is 19.9. The molecule has 0 saturated carbocycles. The summed E-state index contributed by atoms with van der Waals surface area (Å²) < 4.78 is 0. The Kier molecular flexibility index (Phi) is 7.38. The molecule has 0 amide bonds. The van der Waals surface area contributed by atoms with Gasteiger partial charge >= 0.3 is 0 Å². The molecule has 0 spiro atoms. The predicted molar refractivity (Wildman–Crippen MR) is 118 cm³/mol. The van der Waals surface area contributed by atoms with Crippen LogP contribution in [0, 0.1) is 5.92 Å². The van der Waals surface area contributed by atoms with Crippen molar-refractivity contribution >= 4 is 40.9 Å². The molecule has 1 fully saturated rings. The van der Waals surface area contributed by atoms with E-state index >= 15 is 0 Å². The highest BCUT2D eigenvalue weighted by Gasteiger charge is 2.21. The first kappa shape index (κ1) is 20.7. The van der Waals surface area contributed by atoms with Crippen molar-refractivity contribution in [1.82, 2.24) is 25.3 Å². The maximum Gasteiger partial charge on any atom is 0.232 e. The summed E-state index contributed by atoms with van der Waals surface area (Å²) in [7, 11) is 0. The van der Waals surface area contributed by atoms with E-state index in [1.54, 1.807) is 18.5 Å². The Morgan fingerprint density at radius 3 is 2.79 bits per heavy atom. The van der Waals surface area contributed by atoms with Gasteiger partial charge in [0.1, 0.15) is 10.8 Å². The van der Waals surface area contributed by atoms with Gasteiger partial charge in [0.25, 0.3) is 0 Å². The highest BCUT2D eigenvalue weighted by molar-refractivity contribution is 7.99. The summed E-state index contributed by atoms with van der Waals surface area (Å²) in [5.41, 5.74) is 0. The summed E-state index contributed by atoms with van der Waals surface area (Å²) in [6.07, 6.45) is 7.07. The second-order valence-corrected chi connectivity index (χ2v) is 8.68. The lowest BCUT2D eigenvalue weighted by atomic mass is 10.0. The van der Waals surface area contributed by atoms with Crippen LogP contribution in [0.1, 0.15) is 40.0 Å². The van der Waals surface area contributed by atoms with Crippen LogP contribution in [0.3, 0.4) is 0 Å². The summed E-state index contributed by atoms with van der Waals surface area (Å²) in [6.45, 7) is 8.32. The average molecular weight is 418 g/mol. The molecule has 2 aromatic rings. The lowest BCUT2D eigenvalue weighted by Crippen LogP contribution is -2.38. The number of nitrogens with one attached hydrogen (secondary N) is 2. The van der Waals surface area contributed by atoms with Gasteiger partial charge in [-0.15, -0.1) is 0 Å². The molecule has 1 saturated heterocycles. The topological polar surface area (TPSA) is 78.9 Å². The van der Waals surface area contributed by atoms with Gasteiger partial charge in [-0.05, 0) is 62.2 Å². The molecule has 2 N–H and O–H groups in total. The molecular formula is C19H27N7S2. The molecule has 9 heteroatoms. The van der Waals surface area contributed by atoms with Gasteiger partial charge in [0.05, 0.1) is 0 Å². The third kappa shape index (κ3) is 6.00. The van der Waals surface area contributed by atoms with Crippen molar-refractivity contribution in [3.8, 4) is 0 Å². The smallest absolute Gasteiger partial charge is 0.232 e. The lowest BCUT2D eigenvalue weighted by Gasteiger charge is -2.34. The van der Waals surface area contributed by atoms with Gasteiger partial charge in [-0.3, -0.25) is 0 Å². The summed E-state index contributed by atoms with van der Waals surface area (Å²) in [6, 6.07) is 4.27. The number of hydrogen-bond acceptors (Lipinski definition) is 7. The van der Waals surface area contributed by atoms with E-state index in [2.05, 4.69) is 51.3 Å². The Hall–Kier alpha value is -2.00. The van der Waals surface area contributed by atoms with E-state index < -0.39 is 0 Å². The molecule has 3 rings (SSSR count). The summed E-state index contributed by atoms with van der Waals surface area (Å²) in [5.74, 6) is 1.91. The molecule has 1 atom stereocenters. The number of rotatable bonds is 6. The zero-order valence-corrected chi connectivity index (χ0v) is 18.2. The van der Waals surface area contributed by atoms with Crippen molar-refractivity contribution in [2.24, 2.45) is 5.92 Å². The van der Waals surface area contributed by atoms with E-state index in [9.17, 15) is 0 Å². The minimum Gasteiger partial charge on any atom is -0.362 e. The highest BCUT2D eigenvalue weighted by Crippen LogP contribution is 2.29. The minimum atomic E-state index is 0.452. The second-order valence-electron chi connectivity index (χ2n) is 7.29. The van der Waals surface area contributed by atoms with Crippen LogP contribution >= 0.6 is 24.0 Å². The number of thiocarbonyl (C=S) groups is 1. The van der Waals surface area contributed by atoms with Crippen molar-refractivity contribution < 1.29 is 0 Å². The summed E-state index contributed by atoms with van der Waals surface area (Å²) in [4.78, 5) is 20.3. The van der Waals surface area contributed by atoms with Crippen LogP contribution in [-0.2, 0) is 0 Å². The SMILES string of the molecule is CC(C)CNC(=S)Nc1nc(Sc2ncccn2)cc(N2CCCCC2C)n1. The van der Waals surface area contributed by atoms with E-state index in [0.717, 1.165) is 23.9 Å². The van der Waals surface area contributed by atoms with Gasteiger partial charge in [0.15, 0.2) is 10.3 Å². The van der Waals surface area contributed by atoms with E-state index in [-0.39, 0.29) is 0 Å². The molecule has 28 heavy (non-hydrogen) atoms. The molecule has 150 valence electrons. The zero-order valence-electron chi connectivity index (χ0n) is 16.6. The van der Waals surface area contributed by atoms with Crippen molar-refractivity contribution in [2.75, 3.05) is 23.3 Å². The Bertz CT molecular complexity index is 785. The normalized spacial score (nSPS) is 16.9. The third-order valence-corrected chi connectivity index (χ3v) is 5.48. The second kappa shape index (κ2) is 9.97. The molecule has 0 aromatic carbocycles. The number of piperidine rings is 1. The quantitative estimate of drug-likeness (QED) is 0.415. The lowest BCUT2D eigenvalue weighted by molar-refractivity contribution is 0.480. The average Bonchev–Trinajstić information content (AvgIpc) is 2.67. The monoisotopic (exact) mass is 417 g/mol. The van der Waals surface area contributed by atoms with Gasteiger partial charge in [-0.2, -0.15) is 4.98 Å². The van der Waals surface area contributed by atoms with Crippen molar-refractivity contribution in [2.45, 2.75) is 56.3 Å². The van der Waals surface area contributed by atoms with Crippen LogP contribution in [0.2, 0.25) is 0 Å². The van der Waals surface area contributed by atoms with E-state index in [1.165, 1.54) is 31.0 Å². The van der Waals surface area contributed by atoms with Crippen LogP contribution in [0.5, 0.6) is 0 Å². The van der Waals surface area contributed by atoms with Gasteiger partial charge < -0.3 is 15.5 Å². The molecule has 3 heterocycles. The molecule has 2 aromatic heterocycles. The van der Waals surface area contributed by atoms with Crippen LogP contribution in [-0.4, -0.2) is 44.2 Å². The van der Waals surface area contributed by atoms with Gasteiger partial charge in [0.2, 0.25) is 5.95 Å². The Labute approximate surface area is 176 Å². The Morgan fingerprint density at radius 1 is 1.29 bits per heavy atom. The fraction of sp³-hybridized carbons (Fsp3) is 0.526. The summed E-state index contributed by atoms with van der Waals surface area (Å²) in [5, 5.41) is 8.32.